The number of ether oxygens (including phenoxy) is 1. The molecule has 0 aromatic rings. The summed E-state index contributed by atoms with van der Waals surface area (Å²) in [6, 6.07) is 0. The molecule has 2 heteroatoms. The van der Waals surface area contributed by atoms with E-state index in [-0.39, 0.29) is 0 Å². The fourth-order valence-electron chi connectivity index (χ4n) is 3.96. The second-order valence-corrected chi connectivity index (χ2v) is 7.83. The van der Waals surface area contributed by atoms with Crippen LogP contribution in [0.1, 0.15) is 52.9 Å². The highest BCUT2D eigenvalue weighted by Crippen LogP contribution is 2.51. The third-order valence-electron chi connectivity index (χ3n) is 5.47. The minimum absolute atomic E-state index is 0.523. The number of nitrogens with one attached hydrogen (secondary N) is 1. The molecule has 2 fully saturated rings. The van der Waals surface area contributed by atoms with Gasteiger partial charge in [0.2, 0.25) is 0 Å². The van der Waals surface area contributed by atoms with Crippen molar-refractivity contribution in [1.82, 2.24) is 5.32 Å². The summed E-state index contributed by atoms with van der Waals surface area (Å²) in [5.74, 6) is 4.00. The van der Waals surface area contributed by atoms with Crippen molar-refractivity contribution in [2.45, 2.75) is 52.9 Å². The smallest absolute Gasteiger partial charge is 0.0587 e. The molecule has 2 nitrogen and oxygen atoms in total. The summed E-state index contributed by atoms with van der Waals surface area (Å²) in [5, 5.41) is 3.53. The van der Waals surface area contributed by atoms with Gasteiger partial charge in [0.15, 0.2) is 0 Å². The summed E-state index contributed by atoms with van der Waals surface area (Å²) in [6.45, 7) is 10.3. The Bertz CT molecular complexity index is 263. The number of methoxy groups -OCH3 is 1. The topological polar surface area (TPSA) is 21.3 Å². The molecule has 0 bridgehead atoms. The maximum absolute atomic E-state index is 5.07. The lowest BCUT2D eigenvalue weighted by Crippen LogP contribution is -2.27. The van der Waals surface area contributed by atoms with E-state index in [0.717, 1.165) is 36.8 Å². The Hall–Kier alpha value is -0.0800. The van der Waals surface area contributed by atoms with Crippen molar-refractivity contribution in [2.75, 3.05) is 26.8 Å². The van der Waals surface area contributed by atoms with Gasteiger partial charge >= 0.3 is 0 Å². The van der Waals surface area contributed by atoms with Crippen molar-refractivity contribution in [3.05, 3.63) is 0 Å². The zero-order valence-electron chi connectivity index (χ0n) is 13.4. The van der Waals surface area contributed by atoms with Gasteiger partial charge in [-0.05, 0) is 67.7 Å². The summed E-state index contributed by atoms with van der Waals surface area (Å²) in [6.07, 6.45) is 7.39. The quantitative estimate of drug-likeness (QED) is 0.741. The van der Waals surface area contributed by atoms with Gasteiger partial charge in [-0.25, -0.2) is 0 Å². The van der Waals surface area contributed by atoms with Gasteiger partial charge in [-0.15, -0.1) is 0 Å². The van der Waals surface area contributed by atoms with Gasteiger partial charge in [-0.3, -0.25) is 0 Å². The van der Waals surface area contributed by atoms with Crippen molar-refractivity contribution < 1.29 is 4.74 Å². The first kappa shape index (κ1) is 15.3. The number of hydrogen-bond donors (Lipinski definition) is 1. The van der Waals surface area contributed by atoms with Crippen molar-refractivity contribution >= 4 is 0 Å². The summed E-state index contributed by atoms with van der Waals surface area (Å²) in [5.41, 5.74) is 0.523. The minimum Gasteiger partial charge on any atom is -0.383 e. The fraction of sp³-hybridized carbons (Fsp3) is 1.00. The van der Waals surface area contributed by atoms with Crippen LogP contribution in [0.5, 0.6) is 0 Å². The average Bonchev–Trinajstić information content (AvgIpc) is 3.13. The molecule has 0 heterocycles. The Kier molecular flexibility index (Phi) is 5.30. The van der Waals surface area contributed by atoms with E-state index < -0.39 is 0 Å². The van der Waals surface area contributed by atoms with Crippen LogP contribution >= 0.6 is 0 Å². The predicted octanol–water partition coefficient (Wildman–Crippen LogP) is 3.71. The molecule has 112 valence electrons. The second kappa shape index (κ2) is 6.58. The zero-order valence-corrected chi connectivity index (χ0v) is 13.4. The molecule has 0 saturated heterocycles. The number of rotatable bonds is 6. The van der Waals surface area contributed by atoms with Crippen LogP contribution in [0, 0.1) is 29.1 Å². The SMILES string of the molecule is COCCNCC1CC1C1CCC(C(C)(C)C)CC1. The van der Waals surface area contributed by atoms with Crippen molar-refractivity contribution in [2.24, 2.45) is 29.1 Å². The number of hydrogen-bond acceptors (Lipinski definition) is 2. The third kappa shape index (κ3) is 4.46. The summed E-state index contributed by atoms with van der Waals surface area (Å²) in [7, 11) is 1.77. The van der Waals surface area contributed by atoms with Gasteiger partial charge in [0, 0.05) is 13.7 Å². The van der Waals surface area contributed by atoms with E-state index in [4.69, 9.17) is 4.74 Å². The van der Waals surface area contributed by atoms with Crippen LogP contribution in [0.4, 0.5) is 0 Å². The molecule has 2 atom stereocenters. The predicted molar refractivity (Wildman–Crippen MR) is 81.2 cm³/mol. The average molecular weight is 267 g/mol. The van der Waals surface area contributed by atoms with E-state index in [0.29, 0.717) is 5.41 Å². The van der Waals surface area contributed by atoms with Gasteiger partial charge in [0.25, 0.3) is 0 Å². The first-order valence-electron chi connectivity index (χ1n) is 8.22. The maximum atomic E-state index is 5.07. The molecule has 0 radical (unpaired) electrons. The first-order valence-corrected chi connectivity index (χ1v) is 8.22. The highest BCUT2D eigenvalue weighted by Gasteiger charge is 2.44. The van der Waals surface area contributed by atoms with E-state index in [1.54, 1.807) is 7.11 Å². The molecule has 0 aliphatic heterocycles. The van der Waals surface area contributed by atoms with Crippen molar-refractivity contribution in [1.29, 1.82) is 0 Å². The summed E-state index contributed by atoms with van der Waals surface area (Å²) >= 11 is 0. The molecule has 2 aliphatic rings. The Morgan fingerprint density at radius 1 is 1.11 bits per heavy atom. The standard InChI is InChI=1S/C17H33NO/c1-17(2,3)15-7-5-13(6-8-15)16-11-14(16)12-18-9-10-19-4/h13-16,18H,5-12H2,1-4H3. The van der Waals surface area contributed by atoms with Gasteiger partial charge in [0.05, 0.1) is 6.61 Å². The Balaban J connectivity index is 1.62. The molecule has 19 heavy (non-hydrogen) atoms. The second-order valence-electron chi connectivity index (χ2n) is 7.83. The molecule has 1 N–H and O–H groups in total. The Morgan fingerprint density at radius 3 is 2.37 bits per heavy atom. The van der Waals surface area contributed by atoms with Crippen molar-refractivity contribution in [3.8, 4) is 0 Å². The lowest BCUT2D eigenvalue weighted by atomic mass is 9.69. The highest BCUT2D eigenvalue weighted by molar-refractivity contribution is 4.95. The molecular weight excluding hydrogens is 234 g/mol. The molecular formula is C17H33NO. The lowest BCUT2D eigenvalue weighted by Gasteiger charge is -2.37. The van der Waals surface area contributed by atoms with E-state index in [1.807, 2.05) is 0 Å². The molecule has 2 unspecified atom stereocenters. The van der Waals surface area contributed by atoms with Crippen LogP contribution in [0.25, 0.3) is 0 Å². The van der Waals surface area contributed by atoms with E-state index in [1.165, 1.54) is 38.6 Å². The molecule has 2 saturated carbocycles. The van der Waals surface area contributed by atoms with Crippen LogP contribution in [0.3, 0.4) is 0 Å². The van der Waals surface area contributed by atoms with E-state index in [9.17, 15) is 0 Å². The molecule has 2 rings (SSSR count). The largest absolute Gasteiger partial charge is 0.383 e. The lowest BCUT2D eigenvalue weighted by molar-refractivity contribution is 0.139. The highest BCUT2D eigenvalue weighted by atomic mass is 16.5. The van der Waals surface area contributed by atoms with Crippen LogP contribution in [0.15, 0.2) is 0 Å². The first-order chi connectivity index (χ1) is 9.02. The molecule has 0 aromatic heterocycles. The van der Waals surface area contributed by atoms with Gasteiger partial charge in [-0.2, -0.15) is 0 Å². The molecule has 0 aromatic carbocycles. The maximum Gasteiger partial charge on any atom is 0.0587 e. The zero-order chi connectivity index (χ0) is 13.9. The van der Waals surface area contributed by atoms with Crippen molar-refractivity contribution in [3.63, 3.8) is 0 Å². The van der Waals surface area contributed by atoms with Gasteiger partial charge in [0.1, 0.15) is 0 Å². The fourth-order valence-corrected chi connectivity index (χ4v) is 3.96. The normalized spacial score (nSPS) is 35.4. The summed E-state index contributed by atoms with van der Waals surface area (Å²) in [4.78, 5) is 0. The molecule has 0 amide bonds. The Morgan fingerprint density at radius 2 is 1.79 bits per heavy atom. The van der Waals surface area contributed by atoms with Crippen LogP contribution in [-0.4, -0.2) is 26.8 Å². The van der Waals surface area contributed by atoms with Crippen LogP contribution < -0.4 is 5.32 Å². The van der Waals surface area contributed by atoms with Gasteiger partial charge in [-0.1, -0.05) is 20.8 Å². The summed E-state index contributed by atoms with van der Waals surface area (Å²) < 4.78 is 5.07. The van der Waals surface area contributed by atoms with Gasteiger partial charge < -0.3 is 10.1 Å². The van der Waals surface area contributed by atoms with Crippen LogP contribution in [-0.2, 0) is 4.74 Å². The Labute approximate surface area is 119 Å². The third-order valence-corrected chi connectivity index (χ3v) is 5.47. The van der Waals surface area contributed by atoms with E-state index >= 15 is 0 Å². The van der Waals surface area contributed by atoms with Crippen LogP contribution in [0.2, 0.25) is 0 Å². The minimum atomic E-state index is 0.523. The molecule has 2 aliphatic carbocycles. The molecule has 0 spiro atoms. The monoisotopic (exact) mass is 267 g/mol. The van der Waals surface area contributed by atoms with E-state index in [2.05, 4.69) is 26.1 Å².